The van der Waals surface area contributed by atoms with Crippen LogP contribution in [0.3, 0.4) is 0 Å². The van der Waals surface area contributed by atoms with Gasteiger partial charge in [0, 0.05) is 6.54 Å². The number of benzene rings is 2. The third-order valence-electron chi connectivity index (χ3n) is 4.87. The lowest BCUT2D eigenvalue weighted by molar-refractivity contribution is -0.138. The maximum absolute atomic E-state index is 13.1. The Kier molecular flexibility index (Phi) is 5.53. The minimum atomic E-state index is -1.09. The molecule has 1 aliphatic rings. The van der Waals surface area contributed by atoms with Crippen LogP contribution in [0.5, 0.6) is 11.5 Å². The Bertz CT molecular complexity index is 879. The fourth-order valence-corrected chi connectivity index (χ4v) is 3.02. The number of carboxylic acids is 1. The Balaban J connectivity index is 1.73. The normalized spacial score (nSPS) is 14.2. The van der Waals surface area contributed by atoms with E-state index in [9.17, 15) is 19.1 Å². The van der Waals surface area contributed by atoms with Crippen LogP contribution in [-0.4, -0.2) is 36.7 Å². The lowest BCUT2D eigenvalue weighted by Gasteiger charge is -2.27. The average molecular weight is 387 g/mol. The average Bonchev–Trinajstić information content (AvgIpc) is 2.68. The van der Waals surface area contributed by atoms with Gasteiger partial charge in [-0.25, -0.2) is 4.39 Å². The van der Waals surface area contributed by atoms with E-state index in [1.807, 2.05) is 0 Å². The smallest absolute Gasteiger partial charge is 0.312 e. The molecule has 0 aromatic heterocycles. The molecule has 1 heterocycles. The summed E-state index contributed by atoms with van der Waals surface area (Å²) in [4.78, 5) is 24.4. The molecule has 1 aliphatic heterocycles. The maximum atomic E-state index is 13.1. The van der Waals surface area contributed by atoms with Crippen LogP contribution in [0.1, 0.15) is 30.9 Å². The number of carbonyl (C=O) groups excluding carboxylic acids is 1. The van der Waals surface area contributed by atoms with Gasteiger partial charge in [0.25, 0.3) is 0 Å². The Hall–Kier alpha value is -3.09. The standard InChI is InChI=1S/C21H22FNO5/c1-21(2,14-5-8-17-18(11-14)28-10-9-27-17)20(26)23-12-16(19(24)25)13-3-6-15(22)7-4-13/h3-8,11,16H,9-10,12H2,1-2H3,(H,23,26)(H,24,25). The largest absolute Gasteiger partial charge is 0.486 e. The van der Waals surface area contributed by atoms with E-state index in [-0.39, 0.29) is 12.5 Å². The SMILES string of the molecule is CC(C)(C(=O)NCC(C(=O)O)c1ccc(F)cc1)c1ccc2c(c1)OCCO2. The van der Waals surface area contributed by atoms with Crippen molar-refractivity contribution < 1.29 is 28.6 Å². The molecule has 1 amide bonds. The summed E-state index contributed by atoms with van der Waals surface area (Å²) in [5, 5.41) is 12.2. The van der Waals surface area contributed by atoms with Crippen LogP contribution in [0.15, 0.2) is 42.5 Å². The van der Waals surface area contributed by atoms with Crippen LogP contribution in [-0.2, 0) is 15.0 Å². The fraction of sp³-hybridized carbons (Fsp3) is 0.333. The molecular formula is C21H22FNO5. The summed E-state index contributed by atoms with van der Waals surface area (Å²) < 4.78 is 24.2. The lowest BCUT2D eigenvalue weighted by atomic mass is 9.83. The third kappa shape index (κ3) is 4.08. The number of nitrogens with one attached hydrogen (secondary N) is 1. The van der Waals surface area contributed by atoms with Crippen molar-refractivity contribution in [3.8, 4) is 11.5 Å². The second-order valence-electron chi connectivity index (χ2n) is 7.14. The molecule has 2 aromatic rings. The highest BCUT2D eigenvalue weighted by Crippen LogP contribution is 2.35. The minimum Gasteiger partial charge on any atom is -0.486 e. The van der Waals surface area contributed by atoms with Gasteiger partial charge in [-0.2, -0.15) is 0 Å². The van der Waals surface area contributed by atoms with E-state index in [4.69, 9.17) is 9.47 Å². The van der Waals surface area contributed by atoms with E-state index >= 15 is 0 Å². The van der Waals surface area contributed by atoms with Gasteiger partial charge in [0.15, 0.2) is 11.5 Å². The van der Waals surface area contributed by atoms with Gasteiger partial charge in [-0.15, -0.1) is 0 Å². The van der Waals surface area contributed by atoms with Crippen LogP contribution >= 0.6 is 0 Å². The molecule has 0 saturated carbocycles. The van der Waals surface area contributed by atoms with Crippen LogP contribution in [0.4, 0.5) is 4.39 Å². The van der Waals surface area contributed by atoms with Crippen molar-refractivity contribution in [3.05, 3.63) is 59.4 Å². The van der Waals surface area contributed by atoms with Gasteiger partial charge in [-0.05, 0) is 49.2 Å². The molecule has 148 valence electrons. The highest BCUT2D eigenvalue weighted by molar-refractivity contribution is 5.88. The lowest BCUT2D eigenvalue weighted by Crippen LogP contribution is -2.42. The number of fused-ring (bicyclic) bond motifs is 1. The first-order valence-electron chi connectivity index (χ1n) is 8.95. The van der Waals surface area contributed by atoms with Crippen molar-refractivity contribution in [2.45, 2.75) is 25.2 Å². The third-order valence-corrected chi connectivity index (χ3v) is 4.87. The van der Waals surface area contributed by atoms with Crippen LogP contribution in [0.25, 0.3) is 0 Å². The van der Waals surface area contributed by atoms with Crippen molar-refractivity contribution in [2.24, 2.45) is 0 Å². The molecule has 28 heavy (non-hydrogen) atoms. The molecule has 0 spiro atoms. The molecule has 2 N–H and O–H groups in total. The van der Waals surface area contributed by atoms with E-state index in [2.05, 4.69) is 5.32 Å². The monoisotopic (exact) mass is 387 g/mol. The van der Waals surface area contributed by atoms with E-state index in [0.29, 0.717) is 30.3 Å². The quantitative estimate of drug-likeness (QED) is 0.796. The van der Waals surface area contributed by atoms with Crippen molar-refractivity contribution in [1.29, 1.82) is 0 Å². The number of hydrogen-bond acceptors (Lipinski definition) is 4. The number of aliphatic carboxylic acids is 1. The summed E-state index contributed by atoms with van der Waals surface area (Å²) in [5.41, 5.74) is 0.232. The van der Waals surface area contributed by atoms with Gasteiger partial charge >= 0.3 is 5.97 Å². The zero-order valence-electron chi connectivity index (χ0n) is 15.7. The van der Waals surface area contributed by atoms with Crippen LogP contribution in [0, 0.1) is 5.82 Å². The van der Waals surface area contributed by atoms with Gasteiger partial charge in [0.2, 0.25) is 5.91 Å². The molecule has 6 nitrogen and oxygen atoms in total. The molecule has 7 heteroatoms. The van der Waals surface area contributed by atoms with Gasteiger partial charge in [-0.1, -0.05) is 18.2 Å². The van der Waals surface area contributed by atoms with E-state index in [0.717, 1.165) is 5.56 Å². The molecule has 1 atom stereocenters. The van der Waals surface area contributed by atoms with Crippen molar-refractivity contribution in [3.63, 3.8) is 0 Å². The zero-order chi connectivity index (χ0) is 20.3. The maximum Gasteiger partial charge on any atom is 0.312 e. The van der Waals surface area contributed by atoms with E-state index in [1.165, 1.54) is 24.3 Å². The molecular weight excluding hydrogens is 365 g/mol. The Morgan fingerprint density at radius 2 is 1.75 bits per heavy atom. The molecule has 0 fully saturated rings. The number of ether oxygens (including phenoxy) is 2. The summed E-state index contributed by atoms with van der Waals surface area (Å²) in [6.45, 7) is 4.33. The number of carbonyl (C=O) groups is 2. The van der Waals surface area contributed by atoms with Gasteiger partial charge in [-0.3, -0.25) is 9.59 Å². The van der Waals surface area contributed by atoms with Gasteiger partial charge < -0.3 is 19.9 Å². The second kappa shape index (κ2) is 7.88. The molecule has 0 saturated heterocycles. The van der Waals surface area contributed by atoms with Gasteiger partial charge in [0.1, 0.15) is 19.0 Å². The predicted octanol–water partition coefficient (Wildman–Crippen LogP) is 2.86. The second-order valence-corrected chi connectivity index (χ2v) is 7.14. The Labute approximate surface area is 162 Å². The predicted molar refractivity (Wildman–Crippen MR) is 100 cm³/mol. The Morgan fingerprint density at radius 3 is 2.39 bits per heavy atom. The molecule has 0 bridgehead atoms. The first-order chi connectivity index (χ1) is 13.3. The fourth-order valence-electron chi connectivity index (χ4n) is 3.02. The molecule has 3 rings (SSSR count). The number of carboxylic acid groups (broad SMARTS) is 1. The van der Waals surface area contributed by atoms with Crippen molar-refractivity contribution in [2.75, 3.05) is 19.8 Å². The molecule has 1 unspecified atom stereocenters. The first kappa shape index (κ1) is 19.7. The first-order valence-corrected chi connectivity index (χ1v) is 8.95. The van der Waals surface area contributed by atoms with Crippen LogP contribution < -0.4 is 14.8 Å². The van der Waals surface area contributed by atoms with Gasteiger partial charge in [0.05, 0.1) is 11.3 Å². The van der Waals surface area contributed by atoms with Crippen molar-refractivity contribution in [1.82, 2.24) is 5.32 Å². The summed E-state index contributed by atoms with van der Waals surface area (Å²) >= 11 is 0. The zero-order valence-corrected chi connectivity index (χ0v) is 15.7. The molecule has 0 aliphatic carbocycles. The number of amides is 1. The number of halogens is 1. The minimum absolute atomic E-state index is 0.103. The Morgan fingerprint density at radius 1 is 1.11 bits per heavy atom. The summed E-state index contributed by atoms with van der Waals surface area (Å²) in [6.07, 6.45) is 0. The highest BCUT2D eigenvalue weighted by atomic mass is 19.1. The summed E-state index contributed by atoms with van der Waals surface area (Å²) in [7, 11) is 0. The van der Waals surface area contributed by atoms with Crippen LogP contribution in [0.2, 0.25) is 0 Å². The summed E-state index contributed by atoms with van der Waals surface area (Å²) in [5.74, 6) is -1.62. The highest BCUT2D eigenvalue weighted by Gasteiger charge is 2.32. The van der Waals surface area contributed by atoms with Crippen molar-refractivity contribution >= 4 is 11.9 Å². The number of hydrogen-bond donors (Lipinski definition) is 2. The molecule has 2 aromatic carbocycles. The van der Waals surface area contributed by atoms with E-state index in [1.54, 1.807) is 32.0 Å². The molecule has 0 radical (unpaired) electrons. The summed E-state index contributed by atoms with van der Waals surface area (Å²) in [6, 6.07) is 10.5. The number of rotatable bonds is 6. The van der Waals surface area contributed by atoms with E-state index < -0.39 is 23.1 Å². The topological polar surface area (TPSA) is 84.9 Å².